The van der Waals surface area contributed by atoms with Gasteiger partial charge >= 0.3 is 6.18 Å². The van der Waals surface area contributed by atoms with Crippen molar-refractivity contribution in [2.24, 2.45) is 0 Å². The second-order valence-corrected chi connectivity index (χ2v) is 4.43. The van der Waals surface area contributed by atoms with E-state index in [1.54, 1.807) is 6.07 Å². The average Bonchev–Trinajstić information content (AvgIpc) is 2.32. The van der Waals surface area contributed by atoms with Crippen molar-refractivity contribution < 1.29 is 18.0 Å². The summed E-state index contributed by atoms with van der Waals surface area (Å²) in [6, 6.07) is 4.99. The molecule has 0 heterocycles. The molecule has 1 aromatic carbocycles. The number of nitrogens with zero attached hydrogens (tertiary/aromatic N) is 1. The molecule has 19 heavy (non-hydrogen) atoms. The van der Waals surface area contributed by atoms with Crippen molar-refractivity contribution in [3.05, 3.63) is 28.2 Å². The molecule has 0 saturated heterocycles. The Kier molecular flexibility index (Phi) is 5.18. The molecule has 0 spiro atoms. The minimum Gasteiger partial charge on any atom is -0.376 e. The highest BCUT2D eigenvalue weighted by Gasteiger charge is 2.31. The number of amides is 1. The van der Waals surface area contributed by atoms with E-state index in [0.717, 1.165) is 12.1 Å². The van der Waals surface area contributed by atoms with Crippen LogP contribution in [0.25, 0.3) is 0 Å². The van der Waals surface area contributed by atoms with Gasteiger partial charge in [-0.3, -0.25) is 4.79 Å². The number of anilines is 1. The largest absolute Gasteiger partial charge is 0.416 e. The van der Waals surface area contributed by atoms with Crippen LogP contribution in [0.5, 0.6) is 0 Å². The fraction of sp³-hybridized carbons (Fsp3) is 0.273. The number of halogens is 4. The van der Waals surface area contributed by atoms with Crippen molar-refractivity contribution in [2.45, 2.75) is 6.18 Å². The zero-order chi connectivity index (χ0) is 14.5. The lowest BCUT2D eigenvalue weighted by Gasteiger charge is -2.11. The predicted molar refractivity (Wildman–Crippen MR) is 66.3 cm³/mol. The molecule has 0 aliphatic carbocycles. The maximum atomic E-state index is 12.5. The van der Waals surface area contributed by atoms with Crippen LogP contribution in [0.4, 0.5) is 18.9 Å². The van der Waals surface area contributed by atoms with Gasteiger partial charge in [-0.05, 0) is 18.2 Å². The third kappa shape index (κ3) is 5.18. The predicted octanol–water partition coefficient (Wildman–Crippen LogP) is 2.52. The monoisotopic (exact) mass is 335 g/mol. The van der Waals surface area contributed by atoms with E-state index >= 15 is 0 Å². The molecule has 8 heteroatoms. The Labute approximate surface area is 115 Å². The molecule has 4 nitrogen and oxygen atoms in total. The zero-order valence-electron chi connectivity index (χ0n) is 9.51. The third-order valence-electron chi connectivity index (χ3n) is 2.04. The van der Waals surface area contributed by atoms with Gasteiger partial charge in [0.05, 0.1) is 18.2 Å². The molecular formula is C11H9BrF3N3O. The van der Waals surface area contributed by atoms with Crippen LogP contribution in [0.15, 0.2) is 22.7 Å². The molecule has 0 saturated carbocycles. The van der Waals surface area contributed by atoms with Crippen molar-refractivity contribution in [1.29, 1.82) is 5.26 Å². The SMILES string of the molecule is N#CCNC(=O)CNc1cc(Br)cc(C(F)(F)F)c1. The van der Waals surface area contributed by atoms with E-state index in [4.69, 9.17) is 5.26 Å². The van der Waals surface area contributed by atoms with Crippen molar-refractivity contribution in [2.75, 3.05) is 18.4 Å². The Morgan fingerprint density at radius 3 is 2.63 bits per heavy atom. The Balaban J connectivity index is 2.72. The van der Waals surface area contributed by atoms with Crippen LogP contribution in [0.1, 0.15) is 5.56 Å². The van der Waals surface area contributed by atoms with E-state index in [1.165, 1.54) is 6.07 Å². The Hall–Kier alpha value is -1.75. The van der Waals surface area contributed by atoms with Crippen LogP contribution in [-0.2, 0) is 11.0 Å². The summed E-state index contributed by atoms with van der Waals surface area (Å²) in [4.78, 5) is 11.2. The lowest BCUT2D eigenvalue weighted by Crippen LogP contribution is -2.30. The first-order chi connectivity index (χ1) is 8.82. The van der Waals surface area contributed by atoms with Crippen molar-refractivity contribution >= 4 is 27.5 Å². The maximum absolute atomic E-state index is 12.5. The third-order valence-corrected chi connectivity index (χ3v) is 2.50. The number of benzene rings is 1. The van der Waals surface area contributed by atoms with Gasteiger partial charge in [0.15, 0.2) is 0 Å². The highest BCUT2D eigenvalue weighted by atomic mass is 79.9. The highest BCUT2D eigenvalue weighted by Crippen LogP contribution is 2.33. The minimum atomic E-state index is -4.46. The number of carbonyl (C=O) groups is 1. The lowest BCUT2D eigenvalue weighted by atomic mass is 10.2. The van der Waals surface area contributed by atoms with Crippen LogP contribution in [0, 0.1) is 11.3 Å². The number of hydrogen-bond acceptors (Lipinski definition) is 3. The molecular weight excluding hydrogens is 327 g/mol. The second-order valence-electron chi connectivity index (χ2n) is 3.51. The van der Waals surface area contributed by atoms with E-state index in [9.17, 15) is 18.0 Å². The fourth-order valence-corrected chi connectivity index (χ4v) is 1.73. The first-order valence-electron chi connectivity index (χ1n) is 5.08. The summed E-state index contributed by atoms with van der Waals surface area (Å²) in [6.07, 6.45) is -4.46. The molecule has 0 unspecified atom stereocenters. The Morgan fingerprint density at radius 1 is 1.37 bits per heavy atom. The van der Waals surface area contributed by atoms with Gasteiger partial charge in [-0.2, -0.15) is 18.4 Å². The van der Waals surface area contributed by atoms with Crippen LogP contribution in [0.2, 0.25) is 0 Å². The molecule has 1 amide bonds. The maximum Gasteiger partial charge on any atom is 0.416 e. The Morgan fingerprint density at radius 2 is 2.05 bits per heavy atom. The molecule has 1 aromatic rings. The van der Waals surface area contributed by atoms with E-state index in [1.807, 2.05) is 0 Å². The van der Waals surface area contributed by atoms with Gasteiger partial charge in [0.25, 0.3) is 0 Å². The van der Waals surface area contributed by atoms with Crippen LogP contribution in [-0.4, -0.2) is 19.0 Å². The number of rotatable bonds is 4. The number of alkyl halides is 3. The normalized spacial score (nSPS) is 10.7. The summed E-state index contributed by atoms with van der Waals surface area (Å²) >= 11 is 2.97. The smallest absolute Gasteiger partial charge is 0.376 e. The average molecular weight is 336 g/mol. The summed E-state index contributed by atoms with van der Waals surface area (Å²) < 4.78 is 37.9. The summed E-state index contributed by atoms with van der Waals surface area (Å²) in [7, 11) is 0. The van der Waals surface area contributed by atoms with Gasteiger partial charge < -0.3 is 10.6 Å². The van der Waals surface area contributed by atoms with Crippen LogP contribution in [0.3, 0.4) is 0 Å². The molecule has 0 bridgehead atoms. The quantitative estimate of drug-likeness (QED) is 0.831. The molecule has 102 valence electrons. The second kappa shape index (κ2) is 6.43. The molecule has 0 fully saturated rings. The van der Waals surface area contributed by atoms with E-state index in [-0.39, 0.29) is 23.2 Å². The van der Waals surface area contributed by atoms with E-state index < -0.39 is 17.6 Å². The molecule has 0 aliphatic heterocycles. The molecule has 1 rings (SSSR count). The van der Waals surface area contributed by atoms with E-state index in [0.29, 0.717) is 0 Å². The summed E-state index contributed by atoms with van der Waals surface area (Å²) in [5.41, 5.74) is -0.657. The topological polar surface area (TPSA) is 64.9 Å². The fourth-order valence-electron chi connectivity index (χ4n) is 1.24. The van der Waals surface area contributed by atoms with Gasteiger partial charge in [-0.15, -0.1) is 0 Å². The first kappa shape index (κ1) is 15.3. The van der Waals surface area contributed by atoms with Gasteiger partial charge in [0.2, 0.25) is 5.91 Å². The first-order valence-corrected chi connectivity index (χ1v) is 5.87. The number of hydrogen-bond donors (Lipinski definition) is 2. The van der Waals surface area contributed by atoms with Gasteiger partial charge in [-0.1, -0.05) is 15.9 Å². The molecule has 2 N–H and O–H groups in total. The molecule has 0 atom stereocenters. The number of carbonyl (C=O) groups excluding carboxylic acids is 1. The summed E-state index contributed by atoms with van der Waals surface area (Å²) in [5.74, 6) is -0.477. The van der Waals surface area contributed by atoms with Gasteiger partial charge in [-0.25, -0.2) is 0 Å². The van der Waals surface area contributed by atoms with Crippen LogP contribution < -0.4 is 10.6 Å². The number of nitriles is 1. The molecule has 0 radical (unpaired) electrons. The lowest BCUT2D eigenvalue weighted by molar-refractivity contribution is -0.137. The molecule has 0 aromatic heterocycles. The highest BCUT2D eigenvalue weighted by molar-refractivity contribution is 9.10. The van der Waals surface area contributed by atoms with Crippen molar-refractivity contribution in [1.82, 2.24) is 5.32 Å². The van der Waals surface area contributed by atoms with Gasteiger partial charge in [0, 0.05) is 10.2 Å². The van der Waals surface area contributed by atoms with Crippen molar-refractivity contribution in [3.8, 4) is 6.07 Å². The van der Waals surface area contributed by atoms with Crippen LogP contribution >= 0.6 is 15.9 Å². The number of nitrogens with one attached hydrogen (secondary N) is 2. The van der Waals surface area contributed by atoms with Crippen molar-refractivity contribution in [3.63, 3.8) is 0 Å². The Bertz CT molecular complexity index is 511. The molecule has 0 aliphatic rings. The summed E-state index contributed by atoms with van der Waals surface area (Å²) in [5, 5.41) is 13.1. The standard InChI is InChI=1S/C11H9BrF3N3O/c12-8-3-7(11(13,14)15)4-9(5-8)18-6-10(19)17-2-1-16/h3-5,18H,2,6H2,(H,17,19). The zero-order valence-corrected chi connectivity index (χ0v) is 11.1. The van der Waals surface area contributed by atoms with E-state index in [2.05, 4.69) is 26.6 Å². The minimum absolute atomic E-state index is 0.146. The summed E-state index contributed by atoms with van der Waals surface area (Å²) in [6.45, 7) is -0.359. The van der Waals surface area contributed by atoms with Gasteiger partial charge in [0.1, 0.15) is 6.54 Å².